The van der Waals surface area contributed by atoms with Crippen LogP contribution in [0.2, 0.25) is 0 Å². The number of hydrazone groups is 1. The zero-order valence-corrected chi connectivity index (χ0v) is 12.9. The second kappa shape index (κ2) is 6.92. The zero-order valence-electron chi connectivity index (χ0n) is 12.9. The molecule has 118 valence electrons. The van der Waals surface area contributed by atoms with Crippen LogP contribution in [0, 0.1) is 5.92 Å². The van der Waals surface area contributed by atoms with E-state index in [1.165, 1.54) is 0 Å². The van der Waals surface area contributed by atoms with Crippen molar-refractivity contribution in [3.8, 4) is 5.75 Å². The van der Waals surface area contributed by atoms with Crippen molar-refractivity contribution < 1.29 is 14.3 Å². The molecule has 1 unspecified atom stereocenters. The van der Waals surface area contributed by atoms with Gasteiger partial charge in [-0.3, -0.25) is 4.79 Å². The standard InChI is InChI=1S/C17H22N2O3/c1-13(12-22-15-5-3-2-4-6-15)19-17(20)11-16(18-19)14-7-9-21-10-8-14/h2-6,13-14H,7-12H2,1H3. The summed E-state index contributed by atoms with van der Waals surface area (Å²) in [5, 5.41) is 6.16. The van der Waals surface area contributed by atoms with Crippen molar-refractivity contribution >= 4 is 11.6 Å². The fraction of sp³-hybridized carbons (Fsp3) is 0.529. The number of amides is 1. The number of carbonyl (C=O) groups excluding carboxylic acids is 1. The molecule has 1 saturated heterocycles. The Labute approximate surface area is 130 Å². The lowest BCUT2D eigenvalue weighted by atomic mass is 9.93. The molecular formula is C17H22N2O3. The van der Waals surface area contributed by atoms with Crippen LogP contribution >= 0.6 is 0 Å². The third-order valence-electron chi connectivity index (χ3n) is 4.17. The van der Waals surface area contributed by atoms with E-state index in [0.717, 1.165) is 37.5 Å². The summed E-state index contributed by atoms with van der Waals surface area (Å²) < 4.78 is 11.1. The zero-order chi connectivity index (χ0) is 15.4. The lowest BCUT2D eigenvalue weighted by molar-refractivity contribution is -0.131. The first-order valence-corrected chi connectivity index (χ1v) is 7.89. The highest BCUT2D eigenvalue weighted by Gasteiger charge is 2.32. The van der Waals surface area contributed by atoms with Crippen molar-refractivity contribution in [2.75, 3.05) is 19.8 Å². The Hall–Kier alpha value is -1.88. The van der Waals surface area contributed by atoms with Crippen LogP contribution in [0.3, 0.4) is 0 Å². The fourth-order valence-corrected chi connectivity index (χ4v) is 2.87. The van der Waals surface area contributed by atoms with Crippen LogP contribution in [-0.4, -0.2) is 42.5 Å². The molecule has 0 aromatic heterocycles. The van der Waals surface area contributed by atoms with Gasteiger partial charge in [0, 0.05) is 19.1 Å². The maximum absolute atomic E-state index is 12.2. The van der Waals surface area contributed by atoms with Crippen LogP contribution in [-0.2, 0) is 9.53 Å². The Balaban J connectivity index is 1.58. The third kappa shape index (κ3) is 3.47. The highest BCUT2D eigenvalue weighted by atomic mass is 16.5. The van der Waals surface area contributed by atoms with E-state index in [1.807, 2.05) is 37.3 Å². The Bertz CT molecular complexity index is 538. The number of hydrogen-bond acceptors (Lipinski definition) is 4. The summed E-state index contributed by atoms with van der Waals surface area (Å²) in [5.41, 5.74) is 1.01. The van der Waals surface area contributed by atoms with E-state index in [2.05, 4.69) is 5.10 Å². The molecule has 2 heterocycles. The van der Waals surface area contributed by atoms with E-state index in [4.69, 9.17) is 9.47 Å². The van der Waals surface area contributed by atoms with Gasteiger partial charge in [-0.05, 0) is 31.9 Å². The Morgan fingerprint density at radius 3 is 2.77 bits per heavy atom. The van der Waals surface area contributed by atoms with Gasteiger partial charge < -0.3 is 9.47 Å². The largest absolute Gasteiger partial charge is 0.491 e. The molecule has 1 aromatic carbocycles. The van der Waals surface area contributed by atoms with Gasteiger partial charge in [-0.15, -0.1) is 0 Å². The molecular weight excluding hydrogens is 280 g/mol. The van der Waals surface area contributed by atoms with Crippen LogP contribution in [0.25, 0.3) is 0 Å². The van der Waals surface area contributed by atoms with Crippen LogP contribution < -0.4 is 4.74 Å². The average Bonchev–Trinajstić information content (AvgIpc) is 2.96. The molecule has 1 aromatic rings. The highest BCUT2D eigenvalue weighted by molar-refractivity contribution is 6.06. The molecule has 0 saturated carbocycles. The van der Waals surface area contributed by atoms with E-state index < -0.39 is 0 Å². The van der Waals surface area contributed by atoms with Crippen molar-refractivity contribution in [3.63, 3.8) is 0 Å². The van der Waals surface area contributed by atoms with Gasteiger partial charge >= 0.3 is 0 Å². The molecule has 2 aliphatic rings. The molecule has 3 rings (SSSR count). The lowest BCUT2D eigenvalue weighted by Gasteiger charge is -2.22. The molecule has 1 amide bonds. The van der Waals surface area contributed by atoms with Crippen molar-refractivity contribution in [1.29, 1.82) is 0 Å². The van der Waals surface area contributed by atoms with Gasteiger partial charge in [0.2, 0.25) is 5.91 Å². The summed E-state index contributed by atoms with van der Waals surface area (Å²) in [6.07, 6.45) is 2.38. The number of para-hydroxylation sites is 1. The van der Waals surface area contributed by atoms with E-state index in [1.54, 1.807) is 5.01 Å². The Morgan fingerprint density at radius 1 is 1.32 bits per heavy atom. The molecule has 22 heavy (non-hydrogen) atoms. The number of rotatable bonds is 5. The lowest BCUT2D eigenvalue weighted by Crippen LogP contribution is -2.35. The summed E-state index contributed by atoms with van der Waals surface area (Å²) in [5.74, 6) is 1.28. The van der Waals surface area contributed by atoms with Gasteiger partial charge in [0.05, 0.1) is 18.2 Å². The molecule has 2 aliphatic heterocycles. The molecule has 0 radical (unpaired) electrons. The van der Waals surface area contributed by atoms with Crippen molar-refractivity contribution in [2.45, 2.75) is 32.2 Å². The predicted molar refractivity (Wildman–Crippen MR) is 83.8 cm³/mol. The summed E-state index contributed by atoms with van der Waals surface area (Å²) in [7, 11) is 0. The van der Waals surface area contributed by atoms with Crippen LogP contribution in [0.1, 0.15) is 26.2 Å². The quantitative estimate of drug-likeness (QED) is 0.839. The molecule has 0 bridgehead atoms. The average molecular weight is 302 g/mol. The smallest absolute Gasteiger partial charge is 0.248 e. The molecule has 0 N–H and O–H groups in total. The molecule has 5 nitrogen and oxygen atoms in total. The minimum atomic E-state index is -0.0648. The fourth-order valence-electron chi connectivity index (χ4n) is 2.87. The number of benzene rings is 1. The van der Waals surface area contributed by atoms with Gasteiger partial charge in [0.25, 0.3) is 0 Å². The maximum atomic E-state index is 12.2. The first-order valence-electron chi connectivity index (χ1n) is 7.89. The van der Waals surface area contributed by atoms with Crippen LogP contribution in [0.4, 0.5) is 0 Å². The van der Waals surface area contributed by atoms with Crippen molar-refractivity contribution in [3.05, 3.63) is 30.3 Å². The molecule has 1 atom stereocenters. The molecule has 0 spiro atoms. The minimum absolute atomic E-state index is 0.0648. The first-order chi connectivity index (χ1) is 10.7. The third-order valence-corrected chi connectivity index (χ3v) is 4.17. The molecule has 5 heteroatoms. The number of nitrogens with zero attached hydrogens (tertiary/aromatic N) is 2. The summed E-state index contributed by atoms with van der Waals surface area (Å²) in [6.45, 7) is 3.95. The Morgan fingerprint density at radius 2 is 2.05 bits per heavy atom. The summed E-state index contributed by atoms with van der Waals surface area (Å²) in [6, 6.07) is 9.57. The van der Waals surface area contributed by atoms with Crippen LogP contribution in [0.5, 0.6) is 5.75 Å². The predicted octanol–water partition coefficient (Wildman–Crippen LogP) is 2.47. The van der Waals surface area contributed by atoms with Gasteiger partial charge in [-0.25, -0.2) is 5.01 Å². The SMILES string of the molecule is CC(COc1ccccc1)N1N=C(C2CCOCC2)CC1=O. The second-order valence-corrected chi connectivity index (χ2v) is 5.87. The van der Waals surface area contributed by atoms with E-state index in [9.17, 15) is 4.79 Å². The first kappa shape index (κ1) is 15.0. The Kier molecular flexibility index (Phi) is 4.73. The van der Waals surface area contributed by atoms with E-state index in [-0.39, 0.29) is 11.9 Å². The van der Waals surface area contributed by atoms with Crippen molar-refractivity contribution in [2.24, 2.45) is 11.0 Å². The van der Waals surface area contributed by atoms with Gasteiger partial charge in [0.1, 0.15) is 12.4 Å². The number of hydrogen-bond donors (Lipinski definition) is 0. The number of ether oxygens (including phenoxy) is 2. The summed E-state index contributed by atoms with van der Waals surface area (Å²) in [4.78, 5) is 12.2. The second-order valence-electron chi connectivity index (χ2n) is 5.87. The van der Waals surface area contributed by atoms with E-state index >= 15 is 0 Å². The van der Waals surface area contributed by atoms with E-state index in [0.29, 0.717) is 18.9 Å². The minimum Gasteiger partial charge on any atom is -0.491 e. The molecule has 1 fully saturated rings. The summed E-state index contributed by atoms with van der Waals surface area (Å²) >= 11 is 0. The molecule has 0 aliphatic carbocycles. The van der Waals surface area contributed by atoms with Gasteiger partial charge in [0.15, 0.2) is 0 Å². The van der Waals surface area contributed by atoms with Gasteiger partial charge in [-0.2, -0.15) is 5.10 Å². The van der Waals surface area contributed by atoms with Gasteiger partial charge in [-0.1, -0.05) is 18.2 Å². The maximum Gasteiger partial charge on any atom is 0.248 e. The highest BCUT2D eigenvalue weighted by Crippen LogP contribution is 2.24. The number of carbonyl (C=O) groups is 1. The van der Waals surface area contributed by atoms with Crippen molar-refractivity contribution in [1.82, 2.24) is 5.01 Å². The van der Waals surface area contributed by atoms with Crippen LogP contribution in [0.15, 0.2) is 35.4 Å². The normalized spacial score (nSPS) is 20.9. The topological polar surface area (TPSA) is 51.1 Å². The monoisotopic (exact) mass is 302 g/mol.